The Labute approximate surface area is 124 Å². The van der Waals surface area contributed by atoms with E-state index in [-0.39, 0.29) is 13.0 Å². The molecule has 8 heteroatoms. The van der Waals surface area contributed by atoms with Gasteiger partial charge in [0.2, 0.25) is 0 Å². The number of nitrogens with one attached hydrogen (secondary N) is 1. The zero-order chi connectivity index (χ0) is 15.2. The molecular weight excluding hydrogens is 290 g/mol. The minimum atomic E-state index is -2.67. The van der Waals surface area contributed by atoms with E-state index < -0.39 is 5.92 Å². The first kappa shape index (κ1) is 13.2. The fourth-order valence-corrected chi connectivity index (χ4v) is 2.89. The van der Waals surface area contributed by atoms with Crippen LogP contribution in [0.4, 0.5) is 14.6 Å². The normalized spacial score (nSPS) is 18.0. The zero-order valence-electron chi connectivity index (χ0n) is 11.7. The molecule has 22 heavy (non-hydrogen) atoms. The van der Waals surface area contributed by atoms with Crippen molar-refractivity contribution >= 4 is 11.5 Å². The predicted octanol–water partition coefficient (Wildman–Crippen LogP) is 2.35. The smallest absolute Gasteiger partial charge is 0.265 e. The molecule has 1 N–H and O–H groups in total. The van der Waals surface area contributed by atoms with Gasteiger partial charge in [0.05, 0.1) is 24.5 Å². The van der Waals surface area contributed by atoms with Crippen LogP contribution in [-0.4, -0.2) is 43.8 Å². The number of fused-ring (bicyclic) bond motifs is 1. The largest absolute Gasteiger partial charge is 0.350 e. The average molecular weight is 304 g/mol. The maximum Gasteiger partial charge on any atom is 0.265 e. The molecule has 4 heterocycles. The van der Waals surface area contributed by atoms with Crippen molar-refractivity contribution in [2.45, 2.75) is 18.8 Å². The second-order valence-electron chi connectivity index (χ2n) is 5.46. The Hall–Kier alpha value is -2.51. The molecule has 114 valence electrons. The van der Waals surface area contributed by atoms with Crippen LogP contribution in [0, 0.1) is 0 Å². The van der Waals surface area contributed by atoms with Crippen LogP contribution >= 0.6 is 0 Å². The number of aromatic nitrogens is 5. The number of anilines is 1. The second kappa shape index (κ2) is 4.75. The molecule has 0 bridgehead atoms. The quantitative estimate of drug-likeness (QED) is 0.789. The number of hydrogen-bond donors (Lipinski definition) is 1. The van der Waals surface area contributed by atoms with Crippen molar-refractivity contribution in [3.8, 4) is 11.1 Å². The van der Waals surface area contributed by atoms with Crippen LogP contribution in [0.5, 0.6) is 0 Å². The van der Waals surface area contributed by atoms with Gasteiger partial charge in [-0.2, -0.15) is 10.2 Å². The highest BCUT2D eigenvalue weighted by Crippen LogP contribution is 2.35. The van der Waals surface area contributed by atoms with E-state index in [2.05, 4.69) is 20.3 Å². The Bertz CT molecular complexity index is 808. The SMILES string of the molecule is FC1(F)CCCN(c2[nH]ncc2-c2cnn3cccnc23)C1. The number of nitrogens with zero attached hydrogens (tertiary/aromatic N) is 5. The Kier molecular flexibility index (Phi) is 2.85. The number of halogens is 2. The minimum Gasteiger partial charge on any atom is -0.350 e. The first-order valence-corrected chi connectivity index (χ1v) is 7.09. The predicted molar refractivity (Wildman–Crippen MR) is 77.0 cm³/mol. The summed E-state index contributed by atoms with van der Waals surface area (Å²) >= 11 is 0. The lowest BCUT2D eigenvalue weighted by molar-refractivity contribution is -0.0118. The summed E-state index contributed by atoms with van der Waals surface area (Å²) in [5.41, 5.74) is 2.19. The Morgan fingerprint density at radius 2 is 2.14 bits per heavy atom. The Morgan fingerprint density at radius 1 is 1.23 bits per heavy atom. The van der Waals surface area contributed by atoms with Gasteiger partial charge >= 0.3 is 0 Å². The third kappa shape index (κ3) is 2.11. The molecule has 1 fully saturated rings. The lowest BCUT2D eigenvalue weighted by atomic mass is 10.1. The number of alkyl halides is 2. The van der Waals surface area contributed by atoms with E-state index in [9.17, 15) is 8.78 Å². The van der Waals surface area contributed by atoms with E-state index in [0.717, 1.165) is 11.1 Å². The molecule has 1 aliphatic heterocycles. The van der Waals surface area contributed by atoms with Gasteiger partial charge in [-0.3, -0.25) is 5.10 Å². The summed E-state index contributed by atoms with van der Waals surface area (Å²) < 4.78 is 29.0. The molecular formula is C14H14F2N6. The summed E-state index contributed by atoms with van der Waals surface area (Å²) in [6.07, 6.45) is 7.17. The number of aromatic amines is 1. The first-order chi connectivity index (χ1) is 10.6. The van der Waals surface area contributed by atoms with Crippen molar-refractivity contribution in [3.05, 3.63) is 30.9 Å². The number of piperidine rings is 1. The molecule has 0 amide bonds. The third-order valence-electron chi connectivity index (χ3n) is 3.90. The molecule has 3 aromatic rings. The number of H-pyrrole nitrogens is 1. The van der Waals surface area contributed by atoms with Crippen LogP contribution in [0.25, 0.3) is 16.8 Å². The van der Waals surface area contributed by atoms with Crippen LogP contribution in [0.3, 0.4) is 0 Å². The van der Waals surface area contributed by atoms with Gasteiger partial charge in [0.15, 0.2) is 5.65 Å². The molecule has 3 aromatic heterocycles. The lowest BCUT2D eigenvalue weighted by Gasteiger charge is -2.33. The van der Waals surface area contributed by atoms with Gasteiger partial charge in [-0.1, -0.05) is 0 Å². The van der Waals surface area contributed by atoms with Crippen LogP contribution in [0.1, 0.15) is 12.8 Å². The highest BCUT2D eigenvalue weighted by atomic mass is 19.3. The van der Waals surface area contributed by atoms with Crippen LogP contribution in [-0.2, 0) is 0 Å². The second-order valence-corrected chi connectivity index (χ2v) is 5.46. The van der Waals surface area contributed by atoms with Gasteiger partial charge in [-0.15, -0.1) is 0 Å². The van der Waals surface area contributed by atoms with Gasteiger partial charge < -0.3 is 4.90 Å². The monoisotopic (exact) mass is 304 g/mol. The van der Waals surface area contributed by atoms with Crippen molar-refractivity contribution in [2.24, 2.45) is 0 Å². The summed E-state index contributed by atoms with van der Waals surface area (Å²) in [5.74, 6) is -2.07. The fourth-order valence-electron chi connectivity index (χ4n) is 2.89. The molecule has 6 nitrogen and oxygen atoms in total. The number of hydrogen-bond acceptors (Lipinski definition) is 4. The molecule has 0 aliphatic carbocycles. The van der Waals surface area contributed by atoms with Crippen LogP contribution in [0.15, 0.2) is 30.9 Å². The fraction of sp³-hybridized carbons (Fsp3) is 0.357. The summed E-state index contributed by atoms with van der Waals surface area (Å²) in [6.45, 7) is 0.284. The van der Waals surface area contributed by atoms with Crippen molar-refractivity contribution in [3.63, 3.8) is 0 Å². The van der Waals surface area contributed by atoms with Gasteiger partial charge in [-0.25, -0.2) is 18.3 Å². The zero-order valence-corrected chi connectivity index (χ0v) is 11.7. The summed E-state index contributed by atoms with van der Waals surface area (Å²) in [4.78, 5) is 5.96. The van der Waals surface area contributed by atoms with Gasteiger partial charge in [-0.05, 0) is 12.5 Å². The van der Waals surface area contributed by atoms with E-state index >= 15 is 0 Å². The highest BCUT2D eigenvalue weighted by Gasteiger charge is 2.36. The number of rotatable bonds is 2. The maximum atomic E-state index is 13.7. The van der Waals surface area contributed by atoms with Crippen molar-refractivity contribution in [1.29, 1.82) is 0 Å². The molecule has 0 atom stereocenters. The van der Waals surface area contributed by atoms with Crippen molar-refractivity contribution in [1.82, 2.24) is 24.8 Å². The molecule has 0 saturated carbocycles. The van der Waals surface area contributed by atoms with Gasteiger partial charge in [0.1, 0.15) is 5.82 Å². The average Bonchev–Trinajstić information content (AvgIpc) is 3.12. The van der Waals surface area contributed by atoms with Gasteiger partial charge in [0, 0.05) is 30.9 Å². The van der Waals surface area contributed by atoms with E-state index in [1.165, 1.54) is 0 Å². The van der Waals surface area contributed by atoms with Crippen LogP contribution in [0.2, 0.25) is 0 Å². The maximum absolute atomic E-state index is 13.7. The van der Waals surface area contributed by atoms with E-state index in [0.29, 0.717) is 24.4 Å². The molecule has 0 aromatic carbocycles. The minimum absolute atomic E-state index is 0.0642. The van der Waals surface area contributed by atoms with Crippen LogP contribution < -0.4 is 4.90 Å². The molecule has 0 spiro atoms. The topological polar surface area (TPSA) is 62.1 Å². The van der Waals surface area contributed by atoms with E-state index in [1.807, 2.05) is 0 Å². The van der Waals surface area contributed by atoms with E-state index in [1.54, 1.807) is 40.3 Å². The van der Waals surface area contributed by atoms with Crippen molar-refractivity contribution in [2.75, 3.05) is 18.0 Å². The summed E-state index contributed by atoms with van der Waals surface area (Å²) in [6, 6.07) is 1.78. The molecule has 4 rings (SSSR count). The lowest BCUT2D eigenvalue weighted by Crippen LogP contribution is -2.43. The molecule has 1 aliphatic rings. The third-order valence-corrected chi connectivity index (χ3v) is 3.90. The highest BCUT2D eigenvalue weighted by molar-refractivity contribution is 5.84. The molecule has 0 radical (unpaired) electrons. The standard InChI is InChI=1S/C14H14F2N6/c15-14(16)3-1-5-21(9-14)13-10(7-18-20-13)11-8-19-22-6-2-4-17-12(11)22/h2,4,6-8H,1,3,5,9H2,(H,18,20). The summed E-state index contributed by atoms with van der Waals surface area (Å²) in [7, 11) is 0. The summed E-state index contributed by atoms with van der Waals surface area (Å²) in [5, 5.41) is 11.1. The van der Waals surface area contributed by atoms with E-state index in [4.69, 9.17) is 0 Å². The first-order valence-electron chi connectivity index (χ1n) is 7.09. The molecule has 0 unspecified atom stereocenters. The molecule has 1 saturated heterocycles. The Morgan fingerprint density at radius 3 is 3.00 bits per heavy atom. The van der Waals surface area contributed by atoms with Gasteiger partial charge in [0.25, 0.3) is 5.92 Å². The Balaban J connectivity index is 1.77. The van der Waals surface area contributed by atoms with Crippen molar-refractivity contribution < 1.29 is 8.78 Å².